The van der Waals surface area contributed by atoms with E-state index in [-0.39, 0.29) is 0 Å². The van der Waals surface area contributed by atoms with Crippen molar-refractivity contribution in [2.24, 2.45) is 0 Å². The fraction of sp³-hybridized carbons (Fsp3) is 0.500. The highest BCUT2D eigenvalue weighted by molar-refractivity contribution is 5.27. The summed E-state index contributed by atoms with van der Waals surface area (Å²) in [6.45, 7) is 1.05. The summed E-state index contributed by atoms with van der Waals surface area (Å²) in [5, 5.41) is 12.0. The van der Waals surface area contributed by atoms with Crippen LogP contribution < -0.4 is 5.32 Å². The van der Waals surface area contributed by atoms with Crippen LogP contribution in [-0.2, 0) is 0 Å². The van der Waals surface area contributed by atoms with Crippen LogP contribution >= 0.6 is 0 Å². The molecule has 0 bridgehead atoms. The molecule has 0 aliphatic carbocycles. The average Bonchev–Trinajstić information content (AvgIpc) is 2.67. The Balaban J connectivity index is 2.11. The van der Waals surface area contributed by atoms with Gasteiger partial charge in [0.05, 0.1) is 11.6 Å². The van der Waals surface area contributed by atoms with E-state index in [0.717, 1.165) is 18.7 Å². The molecule has 0 radical (unpaired) electrons. The second-order valence-corrected chi connectivity index (χ2v) is 3.35. The SMILES string of the molecule is N#Cc1coc([C@@H]2CCCCN2)c1. The van der Waals surface area contributed by atoms with Crippen molar-refractivity contribution in [2.75, 3.05) is 6.54 Å². The summed E-state index contributed by atoms with van der Waals surface area (Å²) in [6.07, 6.45) is 5.10. The van der Waals surface area contributed by atoms with Gasteiger partial charge in [0.25, 0.3) is 0 Å². The van der Waals surface area contributed by atoms with E-state index in [2.05, 4.69) is 11.4 Å². The predicted octanol–water partition coefficient (Wildman–Crippen LogP) is 1.97. The van der Waals surface area contributed by atoms with Gasteiger partial charge in [0.1, 0.15) is 18.1 Å². The fourth-order valence-corrected chi connectivity index (χ4v) is 1.69. The number of furan rings is 1. The standard InChI is InChI=1S/C10H12N2O/c11-6-8-5-10(13-7-8)9-3-1-2-4-12-9/h5,7,9,12H,1-4H2/t9-/m0/s1. The number of hydrogen-bond donors (Lipinski definition) is 1. The number of nitriles is 1. The van der Waals surface area contributed by atoms with Crippen LogP contribution in [0.3, 0.4) is 0 Å². The minimum Gasteiger partial charge on any atom is -0.466 e. The van der Waals surface area contributed by atoms with Crippen molar-refractivity contribution in [3.63, 3.8) is 0 Å². The third-order valence-electron chi connectivity index (χ3n) is 2.40. The molecule has 0 amide bonds. The lowest BCUT2D eigenvalue weighted by atomic mass is 10.0. The van der Waals surface area contributed by atoms with E-state index >= 15 is 0 Å². The largest absolute Gasteiger partial charge is 0.466 e. The Morgan fingerprint density at radius 2 is 2.46 bits per heavy atom. The molecule has 0 unspecified atom stereocenters. The van der Waals surface area contributed by atoms with E-state index in [1.54, 1.807) is 0 Å². The van der Waals surface area contributed by atoms with Crippen molar-refractivity contribution in [1.82, 2.24) is 5.32 Å². The molecule has 3 heteroatoms. The Morgan fingerprint density at radius 1 is 1.54 bits per heavy atom. The van der Waals surface area contributed by atoms with Gasteiger partial charge in [0.2, 0.25) is 0 Å². The zero-order valence-corrected chi connectivity index (χ0v) is 7.42. The molecule has 1 N–H and O–H groups in total. The minimum atomic E-state index is 0.316. The van der Waals surface area contributed by atoms with Crippen molar-refractivity contribution in [2.45, 2.75) is 25.3 Å². The van der Waals surface area contributed by atoms with Gasteiger partial charge in [0.15, 0.2) is 0 Å². The predicted molar refractivity (Wildman–Crippen MR) is 48.0 cm³/mol. The monoisotopic (exact) mass is 176 g/mol. The molecule has 1 fully saturated rings. The summed E-state index contributed by atoms with van der Waals surface area (Å²) in [7, 11) is 0. The van der Waals surface area contributed by atoms with Crippen LogP contribution in [0.1, 0.15) is 36.6 Å². The first-order valence-corrected chi connectivity index (χ1v) is 4.62. The van der Waals surface area contributed by atoms with E-state index in [9.17, 15) is 0 Å². The molecular weight excluding hydrogens is 164 g/mol. The maximum Gasteiger partial charge on any atom is 0.122 e. The maximum absolute atomic E-state index is 8.62. The topological polar surface area (TPSA) is 49.0 Å². The van der Waals surface area contributed by atoms with Gasteiger partial charge in [-0.05, 0) is 25.5 Å². The van der Waals surface area contributed by atoms with Crippen LogP contribution in [0.15, 0.2) is 16.7 Å². The van der Waals surface area contributed by atoms with Gasteiger partial charge in [-0.2, -0.15) is 5.26 Å². The summed E-state index contributed by atoms with van der Waals surface area (Å²) < 4.78 is 5.31. The number of nitrogens with zero attached hydrogens (tertiary/aromatic N) is 1. The first kappa shape index (κ1) is 8.33. The molecule has 3 nitrogen and oxygen atoms in total. The highest BCUT2D eigenvalue weighted by atomic mass is 16.3. The summed E-state index contributed by atoms with van der Waals surface area (Å²) in [5.41, 5.74) is 0.613. The number of hydrogen-bond acceptors (Lipinski definition) is 3. The lowest BCUT2D eigenvalue weighted by molar-refractivity contribution is 0.349. The quantitative estimate of drug-likeness (QED) is 0.711. The first-order valence-electron chi connectivity index (χ1n) is 4.62. The van der Waals surface area contributed by atoms with Gasteiger partial charge in [-0.15, -0.1) is 0 Å². The summed E-state index contributed by atoms with van der Waals surface area (Å²) in [4.78, 5) is 0. The molecule has 1 aliphatic rings. The van der Waals surface area contributed by atoms with Gasteiger partial charge < -0.3 is 9.73 Å². The van der Waals surface area contributed by atoms with Gasteiger partial charge >= 0.3 is 0 Å². The van der Waals surface area contributed by atoms with Crippen molar-refractivity contribution in [1.29, 1.82) is 5.26 Å². The van der Waals surface area contributed by atoms with Crippen LogP contribution in [0, 0.1) is 11.3 Å². The third-order valence-corrected chi connectivity index (χ3v) is 2.40. The smallest absolute Gasteiger partial charge is 0.122 e. The molecule has 1 saturated heterocycles. The van der Waals surface area contributed by atoms with Crippen LogP contribution in [0.5, 0.6) is 0 Å². The normalized spacial score (nSPS) is 22.5. The molecule has 1 aromatic rings. The molecule has 2 rings (SSSR count). The van der Waals surface area contributed by atoms with E-state index < -0.39 is 0 Å². The van der Waals surface area contributed by atoms with Crippen LogP contribution in [0.4, 0.5) is 0 Å². The fourth-order valence-electron chi connectivity index (χ4n) is 1.69. The van der Waals surface area contributed by atoms with Crippen molar-refractivity contribution in [3.8, 4) is 6.07 Å². The molecule has 1 aliphatic heterocycles. The third kappa shape index (κ3) is 1.73. The minimum absolute atomic E-state index is 0.316. The Bertz CT molecular complexity index is 318. The van der Waals surface area contributed by atoms with Crippen LogP contribution in [0.2, 0.25) is 0 Å². The van der Waals surface area contributed by atoms with E-state index in [4.69, 9.17) is 9.68 Å². The Kier molecular flexibility index (Phi) is 2.33. The number of piperidine rings is 1. The molecular formula is C10H12N2O. The summed E-state index contributed by atoms with van der Waals surface area (Å²) >= 11 is 0. The van der Waals surface area contributed by atoms with Gasteiger partial charge in [-0.1, -0.05) is 6.42 Å². The molecule has 13 heavy (non-hydrogen) atoms. The molecule has 68 valence electrons. The molecule has 2 heterocycles. The molecule has 1 aromatic heterocycles. The Hall–Kier alpha value is -1.27. The lowest BCUT2D eigenvalue weighted by Crippen LogP contribution is -2.26. The van der Waals surface area contributed by atoms with E-state index in [1.807, 2.05) is 6.07 Å². The Labute approximate surface area is 77.4 Å². The molecule has 1 atom stereocenters. The van der Waals surface area contributed by atoms with Gasteiger partial charge in [0, 0.05) is 0 Å². The maximum atomic E-state index is 8.62. The first-order chi connectivity index (χ1) is 6.40. The van der Waals surface area contributed by atoms with Gasteiger partial charge in [-0.3, -0.25) is 0 Å². The van der Waals surface area contributed by atoms with Crippen LogP contribution in [0.25, 0.3) is 0 Å². The van der Waals surface area contributed by atoms with Crippen LogP contribution in [-0.4, -0.2) is 6.54 Å². The molecule has 0 aromatic carbocycles. The zero-order valence-electron chi connectivity index (χ0n) is 7.42. The second-order valence-electron chi connectivity index (χ2n) is 3.35. The highest BCUT2D eigenvalue weighted by Gasteiger charge is 2.17. The number of rotatable bonds is 1. The second kappa shape index (κ2) is 3.63. The highest BCUT2D eigenvalue weighted by Crippen LogP contribution is 2.24. The summed E-state index contributed by atoms with van der Waals surface area (Å²) in [6, 6.07) is 4.20. The van der Waals surface area contributed by atoms with E-state index in [0.29, 0.717) is 11.6 Å². The molecule has 0 saturated carbocycles. The zero-order chi connectivity index (χ0) is 9.10. The average molecular weight is 176 g/mol. The van der Waals surface area contributed by atoms with Crippen molar-refractivity contribution in [3.05, 3.63) is 23.7 Å². The summed E-state index contributed by atoms with van der Waals surface area (Å²) in [5.74, 6) is 0.899. The molecule has 0 spiro atoms. The Morgan fingerprint density at radius 3 is 3.08 bits per heavy atom. The lowest BCUT2D eigenvalue weighted by Gasteiger charge is -2.20. The van der Waals surface area contributed by atoms with Crippen molar-refractivity contribution >= 4 is 0 Å². The van der Waals surface area contributed by atoms with Crippen molar-refractivity contribution < 1.29 is 4.42 Å². The van der Waals surface area contributed by atoms with E-state index in [1.165, 1.54) is 19.1 Å². The number of nitrogens with one attached hydrogen (secondary N) is 1. The van der Waals surface area contributed by atoms with Gasteiger partial charge in [-0.25, -0.2) is 0 Å².